The van der Waals surface area contributed by atoms with Crippen LogP contribution in [0.25, 0.3) is 0 Å². The fourth-order valence-electron chi connectivity index (χ4n) is 1.89. The molecule has 20 heavy (non-hydrogen) atoms. The van der Waals surface area contributed by atoms with Crippen LogP contribution in [0, 0.1) is 5.92 Å². The first kappa shape index (κ1) is 19.3. The summed E-state index contributed by atoms with van der Waals surface area (Å²) in [4.78, 5) is 4.62. The van der Waals surface area contributed by atoms with Crippen molar-refractivity contribution in [1.82, 2.24) is 10.6 Å². The van der Waals surface area contributed by atoms with Crippen LogP contribution in [0.1, 0.15) is 33.1 Å². The van der Waals surface area contributed by atoms with E-state index >= 15 is 0 Å². The third-order valence-electron chi connectivity index (χ3n) is 2.86. The van der Waals surface area contributed by atoms with Gasteiger partial charge in [-0.2, -0.15) is 11.8 Å². The number of rotatable bonds is 12. The standard InChI is InChI=1S/C15H31N3OS/c1-4-7-14(8-10-19)13-18-15(16-6-3)17-9-12-20-11-5-2/h5,14,19H,2,4,6-13H2,1,3H3,(H2,16,17,18). The van der Waals surface area contributed by atoms with Crippen LogP contribution in [0.5, 0.6) is 0 Å². The van der Waals surface area contributed by atoms with Gasteiger partial charge >= 0.3 is 0 Å². The van der Waals surface area contributed by atoms with Crippen molar-refractivity contribution in [3.63, 3.8) is 0 Å². The number of hydrogen-bond acceptors (Lipinski definition) is 3. The highest BCUT2D eigenvalue weighted by Crippen LogP contribution is 2.10. The normalized spacial score (nSPS) is 13.1. The number of aliphatic hydroxyl groups excluding tert-OH is 1. The zero-order valence-electron chi connectivity index (χ0n) is 13.0. The summed E-state index contributed by atoms with van der Waals surface area (Å²) in [6, 6.07) is 0. The smallest absolute Gasteiger partial charge is 0.191 e. The lowest BCUT2D eigenvalue weighted by Gasteiger charge is -2.15. The summed E-state index contributed by atoms with van der Waals surface area (Å²) in [6.45, 7) is 10.8. The van der Waals surface area contributed by atoms with Crippen molar-refractivity contribution in [1.29, 1.82) is 0 Å². The molecule has 0 aromatic heterocycles. The minimum atomic E-state index is 0.252. The first-order valence-corrected chi connectivity index (χ1v) is 8.75. The maximum Gasteiger partial charge on any atom is 0.191 e. The number of nitrogens with one attached hydrogen (secondary N) is 2. The monoisotopic (exact) mass is 301 g/mol. The molecule has 0 aliphatic rings. The number of guanidine groups is 1. The molecule has 1 unspecified atom stereocenters. The Morgan fingerprint density at radius 2 is 2.15 bits per heavy atom. The van der Waals surface area contributed by atoms with Gasteiger partial charge in [0.15, 0.2) is 5.96 Å². The van der Waals surface area contributed by atoms with Gasteiger partial charge in [-0.25, -0.2) is 0 Å². The van der Waals surface area contributed by atoms with E-state index in [1.165, 1.54) is 0 Å². The number of aliphatic imine (C=N–C) groups is 1. The minimum Gasteiger partial charge on any atom is -0.396 e. The van der Waals surface area contributed by atoms with E-state index in [1.807, 2.05) is 17.8 Å². The highest BCUT2D eigenvalue weighted by Gasteiger charge is 2.07. The van der Waals surface area contributed by atoms with Crippen LogP contribution in [0.2, 0.25) is 0 Å². The van der Waals surface area contributed by atoms with E-state index in [0.29, 0.717) is 5.92 Å². The Morgan fingerprint density at radius 1 is 1.35 bits per heavy atom. The highest BCUT2D eigenvalue weighted by atomic mass is 32.2. The SMILES string of the molecule is C=CCSCCNC(=NCC(CCC)CCO)NCC. The third kappa shape index (κ3) is 11.2. The van der Waals surface area contributed by atoms with Crippen molar-refractivity contribution in [2.45, 2.75) is 33.1 Å². The van der Waals surface area contributed by atoms with Crippen molar-refractivity contribution in [3.05, 3.63) is 12.7 Å². The van der Waals surface area contributed by atoms with Crippen molar-refractivity contribution < 1.29 is 5.11 Å². The Morgan fingerprint density at radius 3 is 2.75 bits per heavy atom. The summed E-state index contributed by atoms with van der Waals surface area (Å²) in [5.41, 5.74) is 0. The van der Waals surface area contributed by atoms with Crippen LogP contribution < -0.4 is 10.6 Å². The van der Waals surface area contributed by atoms with Gasteiger partial charge in [-0.05, 0) is 25.7 Å². The first-order valence-electron chi connectivity index (χ1n) is 7.60. The van der Waals surface area contributed by atoms with Crippen LogP contribution in [-0.4, -0.2) is 48.8 Å². The van der Waals surface area contributed by atoms with Gasteiger partial charge in [-0.1, -0.05) is 19.4 Å². The molecule has 0 aliphatic carbocycles. The van der Waals surface area contributed by atoms with Gasteiger partial charge in [0.1, 0.15) is 0 Å². The maximum absolute atomic E-state index is 9.07. The number of aliphatic hydroxyl groups is 1. The molecule has 3 N–H and O–H groups in total. The Labute approximate surface area is 128 Å². The quantitative estimate of drug-likeness (QED) is 0.224. The zero-order valence-corrected chi connectivity index (χ0v) is 13.8. The van der Waals surface area contributed by atoms with E-state index in [0.717, 1.165) is 56.4 Å². The van der Waals surface area contributed by atoms with Crippen LogP contribution in [-0.2, 0) is 0 Å². The predicted molar refractivity (Wildman–Crippen MR) is 91.6 cm³/mol. The summed E-state index contributed by atoms with van der Waals surface area (Å²) in [6.07, 6.45) is 5.03. The molecule has 0 fully saturated rings. The molecule has 118 valence electrons. The topological polar surface area (TPSA) is 56.7 Å². The average molecular weight is 302 g/mol. The van der Waals surface area contributed by atoms with Crippen LogP contribution in [0.3, 0.4) is 0 Å². The molecule has 0 rings (SSSR count). The fourth-order valence-corrected chi connectivity index (χ4v) is 2.47. The molecule has 4 nitrogen and oxygen atoms in total. The average Bonchev–Trinajstić information content (AvgIpc) is 2.44. The van der Waals surface area contributed by atoms with Crippen molar-refractivity contribution in [2.24, 2.45) is 10.9 Å². The van der Waals surface area contributed by atoms with Gasteiger partial charge in [0.25, 0.3) is 0 Å². The molecule has 1 atom stereocenters. The first-order chi connectivity index (χ1) is 9.78. The Hall–Kier alpha value is -0.680. The molecule has 0 aliphatic heterocycles. The van der Waals surface area contributed by atoms with E-state index in [4.69, 9.17) is 5.11 Å². The van der Waals surface area contributed by atoms with Crippen molar-refractivity contribution in [3.8, 4) is 0 Å². The summed E-state index contributed by atoms with van der Waals surface area (Å²) in [5.74, 6) is 3.40. The van der Waals surface area contributed by atoms with E-state index in [2.05, 4.69) is 36.1 Å². The second-order valence-corrected chi connectivity index (χ2v) is 5.83. The molecular weight excluding hydrogens is 270 g/mol. The molecule has 0 saturated heterocycles. The largest absolute Gasteiger partial charge is 0.396 e. The zero-order chi connectivity index (χ0) is 15.1. The van der Waals surface area contributed by atoms with Crippen molar-refractivity contribution in [2.75, 3.05) is 37.7 Å². The molecule has 0 radical (unpaired) electrons. The molecule has 0 heterocycles. The van der Waals surface area contributed by atoms with Gasteiger partial charge in [0.05, 0.1) is 0 Å². The van der Waals surface area contributed by atoms with E-state index in [-0.39, 0.29) is 6.61 Å². The summed E-state index contributed by atoms with van der Waals surface area (Å²) in [7, 11) is 0. The van der Waals surface area contributed by atoms with Crippen molar-refractivity contribution >= 4 is 17.7 Å². The molecular formula is C15H31N3OS. The van der Waals surface area contributed by atoms with Crippen LogP contribution in [0.15, 0.2) is 17.6 Å². The summed E-state index contributed by atoms with van der Waals surface area (Å²) >= 11 is 1.86. The number of nitrogens with zero attached hydrogens (tertiary/aromatic N) is 1. The lowest BCUT2D eigenvalue weighted by Crippen LogP contribution is -2.38. The van der Waals surface area contributed by atoms with Crippen LogP contribution in [0.4, 0.5) is 0 Å². The van der Waals surface area contributed by atoms with Gasteiger partial charge in [0, 0.05) is 37.7 Å². The Kier molecular flexibility index (Phi) is 14.2. The Balaban J connectivity index is 4.11. The van der Waals surface area contributed by atoms with Gasteiger partial charge in [0.2, 0.25) is 0 Å². The molecule has 0 spiro atoms. The predicted octanol–water partition coefficient (Wildman–Crippen LogP) is 2.26. The van der Waals surface area contributed by atoms with Gasteiger partial charge < -0.3 is 15.7 Å². The minimum absolute atomic E-state index is 0.252. The molecule has 0 bridgehead atoms. The van der Waals surface area contributed by atoms with E-state index in [1.54, 1.807) is 0 Å². The number of thioether (sulfide) groups is 1. The van der Waals surface area contributed by atoms with E-state index in [9.17, 15) is 0 Å². The lowest BCUT2D eigenvalue weighted by atomic mass is 10.0. The lowest BCUT2D eigenvalue weighted by molar-refractivity contribution is 0.253. The van der Waals surface area contributed by atoms with Crippen LogP contribution >= 0.6 is 11.8 Å². The van der Waals surface area contributed by atoms with Gasteiger partial charge in [-0.15, -0.1) is 6.58 Å². The molecule has 0 saturated carbocycles. The highest BCUT2D eigenvalue weighted by molar-refractivity contribution is 7.99. The molecule has 0 aromatic rings. The summed E-state index contributed by atoms with van der Waals surface area (Å²) in [5, 5.41) is 15.7. The summed E-state index contributed by atoms with van der Waals surface area (Å²) < 4.78 is 0. The number of hydrogen-bond donors (Lipinski definition) is 3. The maximum atomic E-state index is 9.07. The Bertz CT molecular complexity index is 254. The fraction of sp³-hybridized carbons (Fsp3) is 0.800. The third-order valence-corrected chi connectivity index (χ3v) is 3.82. The van der Waals surface area contributed by atoms with E-state index < -0.39 is 0 Å². The molecule has 0 amide bonds. The second-order valence-electron chi connectivity index (χ2n) is 4.68. The van der Waals surface area contributed by atoms with Gasteiger partial charge in [-0.3, -0.25) is 4.99 Å². The molecule has 0 aromatic carbocycles. The molecule has 5 heteroatoms. The second kappa shape index (κ2) is 14.7.